The van der Waals surface area contributed by atoms with Gasteiger partial charge >= 0.3 is 0 Å². The molecule has 132 valence electrons. The Bertz CT molecular complexity index is 742. The second-order valence-corrected chi connectivity index (χ2v) is 5.52. The Kier molecular flexibility index (Phi) is 6.39. The highest BCUT2D eigenvalue weighted by Gasteiger charge is 2.09. The highest BCUT2D eigenvalue weighted by Crippen LogP contribution is 2.18. The van der Waals surface area contributed by atoms with Crippen LogP contribution in [-0.4, -0.2) is 25.0 Å². The first-order chi connectivity index (χ1) is 12.0. The number of nitrogens with one attached hydrogen (secondary N) is 2. The zero-order chi connectivity index (χ0) is 18.2. The predicted octanol–water partition coefficient (Wildman–Crippen LogP) is 2.54. The summed E-state index contributed by atoms with van der Waals surface area (Å²) >= 11 is 0. The van der Waals surface area contributed by atoms with E-state index in [0.717, 1.165) is 11.1 Å². The number of amides is 2. The molecule has 2 rings (SSSR count). The first-order valence-corrected chi connectivity index (χ1v) is 8.01. The van der Waals surface area contributed by atoms with E-state index in [2.05, 4.69) is 10.9 Å². The summed E-state index contributed by atoms with van der Waals surface area (Å²) < 4.78 is 10.8. The van der Waals surface area contributed by atoms with Crippen LogP contribution in [0.15, 0.2) is 42.5 Å². The average Bonchev–Trinajstić information content (AvgIpc) is 2.61. The van der Waals surface area contributed by atoms with E-state index in [0.29, 0.717) is 23.7 Å². The number of hydrazine groups is 1. The largest absolute Gasteiger partial charge is 0.494 e. The molecule has 0 fully saturated rings. The standard InChI is InChI=1S/C19H22N2O4/c1-4-24-16-9-7-15(8-10-16)19(23)21-20-18(22)12-25-17-11-13(2)5-6-14(17)3/h5-11H,4,12H2,1-3H3,(H,20,22)(H,21,23). The van der Waals surface area contributed by atoms with Crippen LogP contribution >= 0.6 is 0 Å². The van der Waals surface area contributed by atoms with Crippen molar-refractivity contribution in [2.45, 2.75) is 20.8 Å². The van der Waals surface area contributed by atoms with Gasteiger partial charge in [-0.25, -0.2) is 0 Å². The van der Waals surface area contributed by atoms with Crippen molar-refractivity contribution in [3.8, 4) is 11.5 Å². The quantitative estimate of drug-likeness (QED) is 0.791. The van der Waals surface area contributed by atoms with Gasteiger partial charge in [0.05, 0.1) is 6.61 Å². The molecular formula is C19H22N2O4. The summed E-state index contributed by atoms with van der Waals surface area (Å²) in [5.74, 6) is 0.473. The van der Waals surface area contributed by atoms with Gasteiger partial charge < -0.3 is 9.47 Å². The van der Waals surface area contributed by atoms with Crippen LogP contribution in [0.3, 0.4) is 0 Å². The Morgan fingerprint density at radius 3 is 2.36 bits per heavy atom. The molecule has 0 bridgehead atoms. The van der Waals surface area contributed by atoms with Crippen LogP contribution in [0.1, 0.15) is 28.4 Å². The van der Waals surface area contributed by atoms with Crippen LogP contribution in [0, 0.1) is 13.8 Å². The van der Waals surface area contributed by atoms with E-state index in [4.69, 9.17) is 9.47 Å². The molecule has 0 unspecified atom stereocenters. The monoisotopic (exact) mass is 342 g/mol. The molecule has 0 aromatic heterocycles. The van der Waals surface area contributed by atoms with E-state index in [1.807, 2.05) is 39.0 Å². The van der Waals surface area contributed by atoms with Crippen molar-refractivity contribution in [2.75, 3.05) is 13.2 Å². The van der Waals surface area contributed by atoms with Crippen molar-refractivity contribution in [1.29, 1.82) is 0 Å². The molecular weight excluding hydrogens is 320 g/mol. The fourth-order valence-electron chi connectivity index (χ4n) is 2.11. The van der Waals surface area contributed by atoms with Crippen molar-refractivity contribution >= 4 is 11.8 Å². The number of hydrogen-bond acceptors (Lipinski definition) is 4. The molecule has 0 heterocycles. The Morgan fingerprint density at radius 1 is 0.960 bits per heavy atom. The molecule has 0 radical (unpaired) electrons. The lowest BCUT2D eigenvalue weighted by atomic mass is 10.1. The van der Waals surface area contributed by atoms with Crippen LogP contribution in [0.25, 0.3) is 0 Å². The molecule has 0 aliphatic heterocycles. The normalized spacial score (nSPS) is 10.0. The van der Waals surface area contributed by atoms with Crippen LogP contribution in [-0.2, 0) is 4.79 Å². The van der Waals surface area contributed by atoms with Gasteiger partial charge in [-0.15, -0.1) is 0 Å². The second-order valence-electron chi connectivity index (χ2n) is 5.52. The van der Waals surface area contributed by atoms with Crippen LogP contribution in [0.5, 0.6) is 11.5 Å². The average molecular weight is 342 g/mol. The fraction of sp³-hybridized carbons (Fsp3) is 0.263. The maximum atomic E-state index is 12.0. The van der Waals surface area contributed by atoms with Crippen molar-refractivity contribution in [1.82, 2.24) is 10.9 Å². The van der Waals surface area contributed by atoms with Crippen molar-refractivity contribution in [2.24, 2.45) is 0 Å². The smallest absolute Gasteiger partial charge is 0.276 e. The molecule has 0 atom stereocenters. The van der Waals surface area contributed by atoms with Gasteiger partial charge in [-0.1, -0.05) is 12.1 Å². The van der Waals surface area contributed by atoms with Gasteiger partial charge in [0.2, 0.25) is 0 Å². The summed E-state index contributed by atoms with van der Waals surface area (Å²) in [7, 11) is 0. The highest BCUT2D eigenvalue weighted by atomic mass is 16.5. The number of rotatable bonds is 6. The zero-order valence-corrected chi connectivity index (χ0v) is 14.6. The van der Waals surface area contributed by atoms with Gasteiger partial charge in [-0.3, -0.25) is 20.4 Å². The molecule has 0 saturated heterocycles. The summed E-state index contributed by atoms with van der Waals surface area (Å²) in [6.45, 7) is 6.11. The van der Waals surface area contributed by atoms with Gasteiger partial charge in [-0.05, 0) is 62.2 Å². The Morgan fingerprint density at radius 2 is 1.68 bits per heavy atom. The summed E-state index contributed by atoms with van der Waals surface area (Å²) in [6, 6.07) is 12.4. The van der Waals surface area contributed by atoms with Crippen molar-refractivity contribution in [3.05, 3.63) is 59.2 Å². The summed E-state index contributed by atoms with van der Waals surface area (Å²) in [5, 5.41) is 0. The zero-order valence-electron chi connectivity index (χ0n) is 14.6. The third kappa shape index (κ3) is 5.53. The lowest BCUT2D eigenvalue weighted by Crippen LogP contribution is -2.43. The van der Waals surface area contributed by atoms with E-state index >= 15 is 0 Å². The summed E-state index contributed by atoms with van der Waals surface area (Å²) in [4.78, 5) is 23.8. The number of carbonyl (C=O) groups excluding carboxylic acids is 2. The third-order valence-corrected chi connectivity index (χ3v) is 3.45. The number of carbonyl (C=O) groups is 2. The summed E-state index contributed by atoms with van der Waals surface area (Å²) in [5.41, 5.74) is 7.09. The molecule has 6 heteroatoms. The van der Waals surface area contributed by atoms with Crippen LogP contribution in [0.2, 0.25) is 0 Å². The first-order valence-electron chi connectivity index (χ1n) is 8.01. The first kappa shape index (κ1) is 18.3. The SMILES string of the molecule is CCOc1ccc(C(=O)NNC(=O)COc2cc(C)ccc2C)cc1. The lowest BCUT2D eigenvalue weighted by molar-refractivity contribution is -0.123. The number of ether oxygens (including phenoxy) is 2. The van der Waals surface area contributed by atoms with Crippen LogP contribution < -0.4 is 20.3 Å². The van der Waals surface area contributed by atoms with Gasteiger partial charge in [0.1, 0.15) is 11.5 Å². The minimum Gasteiger partial charge on any atom is -0.494 e. The maximum Gasteiger partial charge on any atom is 0.276 e. The number of benzene rings is 2. The van der Waals surface area contributed by atoms with E-state index in [-0.39, 0.29) is 6.61 Å². The van der Waals surface area contributed by atoms with E-state index in [9.17, 15) is 9.59 Å². The van der Waals surface area contributed by atoms with Crippen LogP contribution in [0.4, 0.5) is 0 Å². The van der Waals surface area contributed by atoms with Crippen molar-refractivity contribution in [3.63, 3.8) is 0 Å². The van der Waals surface area contributed by atoms with E-state index in [1.165, 1.54) is 0 Å². The second kappa shape index (κ2) is 8.73. The van der Waals surface area contributed by atoms with Gasteiger partial charge in [0.15, 0.2) is 6.61 Å². The molecule has 0 saturated carbocycles. The molecule has 0 spiro atoms. The maximum absolute atomic E-state index is 12.0. The number of aryl methyl sites for hydroxylation is 2. The lowest BCUT2D eigenvalue weighted by Gasteiger charge is -2.11. The minimum absolute atomic E-state index is 0.187. The molecule has 0 aliphatic carbocycles. The Labute approximate surface area is 147 Å². The molecule has 2 aromatic rings. The van der Waals surface area contributed by atoms with Gasteiger partial charge in [-0.2, -0.15) is 0 Å². The molecule has 2 amide bonds. The third-order valence-electron chi connectivity index (χ3n) is 3.45. The van der Waals surface area contributed by atoms with Crippen molar-refractivity contribution < 1.29 is 19.1 Å². The van der Waals surface area contributed by atoms with Gasteiger partial charge in [0.25, 0.3) is 11.8 Å². The predicted molar refractivity (Wildman–Crippen MR) is 94.6 cm³/mol. The molecule has 25 heavy (non-hydrogen) atoms. The summed E-state index contributed by atoms with van der Waals surface area (Å²) in [6.07, 6.45) is 0. The Balaban J connectivity index is 1.81. The van der Waals surface area contributed by atoms with Gasteiger partial charge in [0, 0.05) is 5.56 Å². The molecule has 6 nitrogen and oxygen atoms in total. The Hall–Kier alpha value is -3.02. The van der Waals surface area contributed by atoms with E-state index in [1.54, 1.807) is 24.3 Å². The molecule has 0 aliphatic rings. The topological polar surface area (TPSA) is 76.7 Å². The molecule has 2 N–H and O–H groups in total. The minimum atomic E-state index is -0.444. The number of hydrogen-bond donors (Lipinski definition) is 2. The fourth-order valence-corrected chi connectivity index (χ4v) is 2.11. The van der Waals surface area contributed by atoms with E-state index < -0.39 is 11.8 Å². The molecule has 2 aromatic carbocycles. The highest BCUT2D eigenvalue weighted by molar-refractivity contribution is 5.95.